The Morgan fingerprint density at radius 2 is 2.07 bits per heavy atom. The Bertz CT molecular complexity index is 173. The maximum Gasteiger partial charge on any atom is 0.0172 e. The van der Waals surface area contributed by atoms with E-state index in [0.29, 0.717) is 0 Å². The standard InChI is InChI=1S/C13H25NS/c1-11(9-12-5-4-6-12)14-10-13-7-2-3-8-15-13/h11-14H,2-10H2,1H3. The summed E-state index contributed by atoms with van der Waals surface area (Å²) in [6.45, 7) is 3.62. The van der Waals surface area contributed by atoms with Gasteiger partial charge in [-0.05, 0) is 37.9 Å². The van der Waals surface area contributed by atoms with Gasteiger partial charge >= 0.3 is 0 Å². The Morgan fingerprint density at radius 1 is 1.20 bits per heavy atom. The summed E-state index contributed by atoms with van der Waals surface area (Å²) in [6.07, 6.45) is 10.2. The Kier molecular flexibility index (Phi) is 4.83. The molecule has 0 bridgehead atoms. The molecule has 1 aliphatic heterocycles. The molecule has 2 heteroatoms. The zero-order chi connectivity index (χ0) is 10.5. The minimum Gasteiger partial charge on any atom is -0.313 e. The molecule has 0 amide bonds. The number of hydrogen-bond donors (Lipinski definition) is 1. The summed E-state index contributed by atoms with van der Waals surface area (Å²) >= 11 is 2.18. The first kappa shape index (κ1) is 11.8. The monoisotopic (exact) mass is 227 g/mol. The molecule has 1 aliphatic carbocycles. The van der Waals surface area contributed by atoms with E-state index in [1.54, 1.807) is 0 Å². The molecule has 2 fully saturated rings. The fourth-order valence-electron chi connectivity index (χ4n) is 2.61. The van der Waals surface area contributed by atoms with Gasteiger partial charge in [0.25, 0.3) is 0 Å². The topological polar surface area (TPSA) is 12.0 Å². The van der Waals surface area contributed by atoms with Crippen LogP contribution < -0.4 is 5.32 Å². The first-order chi connectivity index (χ1) is 7.34. The van der Waals surface area contributed by atoms with E-state index in [2.05, 4.69) is 24.0 Å². The number of nitrogens with one attached hydrogen (secondary N) is 1. The average Bonchev–Trinajstić information content (AvgIpc) is 2.22. The highest BCUT2D eigenvalue weighted by molar-refractivity contribution is 7.99. The van der Waals surface area contributed by atoms with E-state index >= 15 is 0 Å². The van der Waals surface area contributed by atoms with Crippen LogP contribution in [0.2, 0.25) is 0 Å². The SMILES string of the molecule is CC(CC1CCC1)NCC1CCCCS1. The second kappa shape index (κ2) is 6.15. The lowest BCUT2D eigenvalue weighted by molar-refractivity contribution is 0.266. The quantitative estimate of drug-likeness (QED) is 0.772. The molecule has 2 atom stereocenters. The van der Waals surface area contributed by atoms with Crippen LogP contribution in [0.25, 0.3) is 0 Å². The molecule has 1 N–H and O–H groups in total. The molecule has 1 heterocycles. The van der Waals surface area contributed by atoms with Gasteiger partial charge in [-0.2, -0.15) is 11.8 Å². The van der Waals surface area contributed by atoms with Gasteiger partial charge in [0.2, 0.25) is 0 Å². The predicted octanol–water partition coefficient (Wildman–Crippen LogP) is 3.44. The molecular weight excluding hydrogens is 202 g/mol. The molecule has 88 valence electrons. The molecule has 1 saturated carbocycles. The van der Waals surface area contributed by atoms with Crippen molar-refractivity contribution in [1.29, 1.82) is 0 Å². The summed E-state index contributed by atoms with van der Waals surface area (Å²) in [5, 5.41) is 4.64. The van der Waals surface area contributed by atoms with E-state index < -0.39 is 0 Å². The van der Waals surface area contributed by atoms with E-state index in [1.165, 1.54) is 57.2 Å². The molecule has 0 aromatic rings. The van der Waals surface area contributed by atoms with Crippen LogP contribution in [0.15, 0.2) is 0 Å². The largest absolute Gasteiger partial charge is 0.313 e. The molecule has 1 nitrogen and oxygen atoms in total. The van der Waals surface area contributed by atoms with Crippen molar-refractivity contribution in [2.24, 2.45) is 5.92 Å². The first-order valence-electron chi connectivity index (χ1n) is 6.69. The van der Waals surface area contributed by atoms with Crippen LogP contribution in [0.5, 0.6) is 0 Å². The van der Waals surface area contributed by atoms with Crippen LogP contribution in [-0.4, -0.2) is 23.6 Å². The third kappa shape index (κ3) is 3.99. The van der Waals surface area contributed by atoms with Gasteiger partial charge in [0, 0.05) is 17.8 Å². The Balaban J connectivity index is 1.55. The minimum atomic E-state index is 0.748. The lowest BCUT2D eigenvalue weighted by atomic mass is 9.81. The third-order valence-corrected chi connectivity index (χ3v) is 5.28. The maximum absolute atomic E-state index is 3.73. The van der Waals surface area contributed by atoms with Crippen molar-refractivity contribution in [3.05, 3.63) is 0 Å². The van der Waals surface area contributed by atoms with E-state index in [1.807, 2.05) is 0 Å². The minimum absolute atomic E-state index is 0.748. The van der Waals surface area contributed by atoms with E-state index in [9.17, 15) is 0 Å². The maximum atomic E-state index is 3.73. The van der Waals surface area contributed by atoms with E-state index in [0.717, 1.165) is 17.2 Å². The summed E-state index contributed by atoms with van der Waals surface area (Å²) in [4.78, 5) is 0. The number of hydrogen-bond acceptors (Lipinski definition) is 2. The second-order valence-corrected chi connectivity index (χ2v) is 6.74. The van der Waals surface area contributed by atoms with Gasteiger partial charge in [-0.25, -0.2) is 0 Å². The zero-order valence-electron chi connectivity index (χ0n) is 10.0. The van der Waals surface area contributed by atoms with Crippen LogP contribution in [0.4, 0.5) is 0 Å². The van der Waals surface area contributed by atoms with Crippen molar-refractivity contribution in [1.82, 2.24) is 5.32 Å². The summed E-state index contributed by atoms with van der Waals surface area (Å²) in [6, 6.07) is 0.748. The van der Waals surface area contributed by atoms with E-state index in [4.69, 9.17) is 0 Å². The third-order valence-electron chi connectivity index (χ3n) is 3.88. The number of rotatable bonds is 5. The van der Waals surface area contributed by atoms with E-state index in [-0.39, 0.29) is 0 Å². The Labute approximate surface area is 98.8 Å². The van der Waals surface area contributed by atoms with Crippen LogP contribution in [0.1, 0.15) is 51.9 Å². The summed E-state index contributed by atoms with van der Waals surface area (Å²) in [5.74, 6) is 2.44. The summed E-state index contributed by atoms with van der Waals surface area (Å²) in [7, 11) is 0. The molecular formula is C13H25NS. The zero-order valence-corrected chi connectivity index (χ0v) is 10.8. The first-order valence-corrected chi connectivity index (χ1v) is 7.74. The lowest BCUT2D eigenvalue weighted by Crippen LogP contribution is -2.35. The molecule has 15 heavy (non-hydrogen) atoms. The highest BCUT2D eigenvalue weighted by atomic mass is 32.2. The van der Waals surface area contributed by atoms with Gasteiger partial charge in [0.1, 0.15) is 0 Å². The molecule has 0 aromatic carbocycles. The molecule has 2 aliphatic rings. The van der Waals surface area contributed by atoms with Crippen LogP contribution >= 0.6 is 11.8 Å². The van der Waals surface area contributed by atoms with Crippen molar-refractivity contribution in [3.63, 3.8) is 0 Å². The summed E-state index contributed by atoms with van der Waals surface area (Å²) < 4.78 is 0. The van der Waals surface area contributed by atoms with Crippen molar-refractivity contribution in [2.75, 3.05) is 12.3 Å². The average molecular weight is 227 g/mol. The molecule has 1 saturated heterocycles. The van der Waals surface area contributed by atoms with Gasteiger partial charge in [0.05, 0.1) is 0 Å². The smallest absolute Gasteiger partial charge is 0.0172 e. The normalized spacial score (nSPS) is 29.8. The molecule has 0 radical (unpaired) electrons. The van der Waals surface area contributed by atoms with Crippen LogP contribution in [0.3, 0.4) is 0 Å². The second-order valence-electron chi connectivity index (χ2n) is 5.33. The van der Waals surface area contributed by atoms with Gasteiger partial charge in [-0.3, -0.25) is 0 Å². The van der Waals surface area contributed by atoms with Gasteiger partial charge in [0.15, 0.2) is 0 Å². The van der Waals surface area contributed by atoms with Crippen molar-refractivity contribution in [3.8, 4) is 0 Å². The van der Waals surface area contributed by atoms with Crippen molar-refractivity contribution in [2.45, 2.75) is 63.2 Å². The molecule has 0 aromatic heterocycles. The highest BCUT2D eigenvalue weighted by Crippen LogP contribution is 2.30. The fraction of sp³-hybridized carbons (Fsp3) is 1.00. The lowest BCUT2D eigenvalue weighted by Gasteiger charge is -2.30. The summed E-state index contributed by atoms with van der Waals surface area (Å²) in [5.41, 5.74) is 0. The van der Waals surface area contributed by atoms with Crippen LogP contribution in [0, 0.1) is 5.92 Å². The van der Waals surface area contributed by atoms with Crippen LogP contribution in [-0.2, 0) is 0 Å². The Morgan fingerprint density at radius 3 is 2.67 bits per heavy atom. The predicted molar refractivity (Wildman–Crippen MR) is 69.5 cm³/mol. The number of thioether (sulfide) groups is 1. The van der Waals surface area contributed by atoms with Crippen molar-refractivity contribution < 1.29 is 0 Å². The van der Waals surface area contributed by atoms with Gasteiger partial charge < -0.3 is 5.32 Å². The molecule has 0 spiro atoms. The molecule has 2 rings (SSSR count). The highest BCUT2D eigenvalue weighted by Gasteiger charge is 2.20. The van der Waals surface area contributed by atoms with Gasteiger partial charge in [-0.15, -0.1) is 0 Å². The van der Waals surface area contributed by atoms with Gasteiger partial charge in [-0.1, -0.05) is 25.7 Å². The van der Waals surface area contributed by atoms with Crippen molar-refractivity contribution >= 4 is 11.8 Å². The molecule has 2 unspecified atom stereocenters. The Hall–Kier alpha value is 0.310. The fourth-order valence-corrected chi connectivity index (χ4v) is 3.86.